The number of halogens is 3. The number of carbonyl (C=O) groups excluding carboxylic acids is 2. The van der Waals surface area contributed by atoms with Crippen LogP contribution in [-0.2, 0) is 31.7 Å². The molecule has 0 unspecified atom stereocenters. The fourth-order valence-corrected chi connectivity index (χ4v) is 2.24. The summed E-state index contributed by atoms with van der Waals surface area (Å²) in [6.45, 7) is 2.52. The van der Waals surface area contributed by atoms with Crippen molar-refractivity contribution in [1.82, 2.24) is 0 Å². The number of nitro benzene ring substituents is 1. The van der Waals surface area contributed by atoms with Crippen LogP contribution in [0.25, 0.3) is 0 Å². The number of hydrogen-bond acceptors (Lipinski definition) is 7. The zero-order chi connectivity index (χ0) is 19.9. The molecule has 0 radical (unpaired) electrons. The van der Waals surface area contributed by atoms with E-state index in [1.165, 1.54) is 13.8 Å². The number of nitro groups is 1. The van der Waals surface area contributed by atoms with Gasteiger partial charge in [0, 0.05) is 31.9 Å². The van der Waals surface area contributed by atoms with Gasteiger partial charge in [0.05, 0.1) is 10.5 Å². The molecule has 0 aromatic heterocycles. The summed E-state index contributed by atoms with van der Waals surface area (Å²) < 4.78 is 47.9. The summed E-state index contributed by atoms with van der Waals surface area (Å²) in [5.41, 5.74) is -3.38. The van der Waals surface area contributed by atoms with E-state index in [0.29, 0.717) is 18.2 Å². The monoisotopic (exact) mass is 375 g/mol. The number of ether oxygens (including phenoxy) is 2. The van der Waals surface area contributed by atoms with Gasteiger partial charge in [-0.15, -0.1) is 0 Å². The Morgan fingerprint density at radius 2 is 1.77 bits per heavy atom. The summed E-state index contributed by atoms with van der Waals surface area (Å²) in [5.74, 6) is -5.09. The van der Waals surface area contributed by atoms with Crippen LogP contribution in [0.3, 0.4) is 0 Å². The summed E-state index contributed by atoms with van der Waals surface area (Å²) in [5, 5.41) is 21.0. The third-order valence-electron chi connectivity index (χ3n) is 3.34. The minimum Gasteiger partial charge on any atom is -0.511 e. The molecule has 0 spiro atoms. The molecule has 26 heavy (non-hydrogen) atoms. The zero-order valence-electron chi connectivity index (χ0n) is 13.4. The van der Waals surface area contributed by atoms with Gasteiger partial charge in [0.2, 0.25) is 0 Å². The largest absolute Gasteiger partial charge is 0.511 e. The van der Waals surface area contributed by atoms with Gasteiger partial charge < -0.3 is 14.6 Å². The van der Waals surface area contributed by atoms with Crippen LogP contribution in [0.1, 0.15) is 25.0 Å². The van der Waals surface area contributed by atoms with E-state index in [0.717, 1.165) is 0 Å². The van der Waals surface area contributed by atoms with Crippen LogP contribution in [-0.4, -0.2) is 27.8 Å². The van der Waals surface area contributed by atoms with E-state index in [9.17, 15) is 38.0 Å². The van der Waals surface area contributed by atoms with E-state index in [4.69, 9.17) is 9.47 Å². The summed E-state index contributed by atoms with van der Waals surface area (Å²) in [7, 11) is 0. The first-order chi connectivity index (χ1) is 11.8. The van der Waals surface area contributed by atoms with Crippen LogP contribution >= 0.6 is 0 Å². The van der Waals surface area contributed by atoms with Crippen LogP contribution in [0.4, 0.5) is 18.9 Å². The van der Waals surface area contributed by atoms with E-state index in [1.807, 2.05) is 0 Å². The molecule has 1 aliphatic heterocycles. The number of rotatable bonds is 3. The normalized spacial score (nSPS) is 16.7. The van der Waals surface area contributed by atoms with Crippen molar-refractivity contribution in [3.05, 3.63) is 50.8 Å². The summed E-state index contributed by atoms with van der Waals surface area (Å²) in [6.07, 6.45) is -5.65. The number of alkyl halides is 3. The van der Waals surface area contributed by atoms with Crippen molar-refractivity contribution < 1.29 is 42.3 Å². The Morgan fingerprint density at radius 1 is 1.23 bits per heavy atom. The second kappa shape index (κ2) is 6.32. The molecule has 1 N–H and O–H groups in total. The van der Waals surface area contributed by atoms with Gasteiger partial charge in [0.1, 0.15) is 5.76 Å². The van der Waals surface area contributed by atoms with Crippen molar-refractivity contribution in [1.29, 1.82) is 0 Å². The van der Waals surface area contributed by atoms with Gasteiger partial charge >= 0.3 is 18.1 Å². The first-order valence-corrected chi connectivity index (χ1v) is 7.05. The number of carbonyl (C=O) groups is 2. The maximum atomic E-state index is 12.8. The molecule has 0 bridgehead atoms. The highest BCUT2D eigenvalue weighted by atomic mass is 19.4. The smallest absolute Gasteiger partial charge is 0.416 e. The number of aliphatic hydroxyl groups is 1. The molecule has 0 saturated carbocycles. The molecular formula is C15H12F3NO7. The molecule has 11 heteroatoms. The van der Waals surface area contributed by atoms with Crippen molar-refractivity contribution in [3.8, 4) is 0 Å². The SMILES string of the molecule is CC1(C)OC(=O)C(=C(O)Cc2cc(C(F)(F)F)ccc2[N+](=O)[O-])C(=O)O1. The Balaban J connectivity index is 2.48. The predicted octanol–water partition coefficient (Wildman–Crippen LogP) is 2.80. The molecule has 1 saturated heterocycles. The number of cyclic esters (lactones) is 2. The van der Waals surface area contributed by atoms with Gasteiger partial charge in [-0.25, -0.2) is 9.59 Å². The molecule has 1 heterocycles. The molecule has 0 atom stereocenters. The number of aliphatic hydroxyl groups excluding tert-OH is 1. The Labute approximate surface area is 144 Å². The lowest BCUT2D eigenvalue weighted by molar-refractivity contribution is -0.385. The molecule has 0 aliphatic carbocycles. The fraction of sp³-hybridized carbons (Fsp3) is 0.333. The van der Waals surface area contributed by atoms with Crippen LogP contribution in [0.15, 0.2) is 29.5 Å². The molecule has 8 nitrogen and oxygen atoms in total. The molecule has 1 aromatic carbocycles. The Bertz CT molecular complexity index is 805. The lowest BCUT2D eigenvalue weighted by Crippen LogP contribution is -2.42. The standard InChI is InChI=1S/C15H12F3NO7/c1-14(2)25-12(21)11(13(22)26-14)10(20)6-7-5-8(15(16,17)18)3-4-9(7)19(23)24/h3-5,20H,6H2,1-2H3. The lowest BCUT2D eigenvalue weighted by atomic mass is 10.0. The van der Waals surface area contributed by atoms with Gasteiger partial charge in [0.25, 0.3) is 11.5 Å². The highest BCUT2D eigenvalue weighted by Crippen LogP contribution is 2.34. The predicted molar refractivity (Wildman–Crippen MR) is 77.7 cm³/mol. The van der Waals surface area contributed by atoms with Gasteiger partial charge in [-0.3, -0.25) is 10.1 Å². The molecule has 140 valence electrons. The van der Waals surface area contributed by atoms with Crippen LogP contribution in [0, 0.1) is 10.1 Å². The topological polar surface area (TPSA) is 116 Å². The fourth-order valence-electron chi connectivity index (χ4n) is 2.24. The van der Waals surface area contributed by atoms with Crippen molar-refractivity contribution in [2.45, 2.75) is 32.2 Å². The number of hydrogen-bond donors (Lipinski definition) is 1. The maximum Gasteiger partial charge on any atom is 0.416 e. The van der Waals surface area contributed by atoms with E-state index < -0.39 is 63.4 Å². The lowest BCUT2D eigenvalue weighted by Gasteiger charge is -2.30. The minimum atomic E-state index is -4.78. The first-order valence-electron chi connectivity index (χ1n) is 7.05. The molecule has 1 aromatic rings. The summed E-state index contributed by atoms with van der Waals surface area (Å²) in [4.78, 5) is 33.7. The highest BCUT2D eigenvalue weighted by molar-refractivity contribution is 6.15. The first kappa shape index (κ1) is 19.2. The summed E-state index contributed by atoms with van der Waals surface area (Å²) in [6, 6.07) is 1.59. The second-order valence-electron chi connectivity index (χ2n) is 5.78. The quantitative estimate of drug-likeness (QED) is 0.216. The second-order valence-corrected chi connectivity index (χ2v) is 5.78. The van der Waals surface area contributed by atoms with E-state index in [-0.39, 0.29) is 0 Å². The number of esters is 2. The van der Waals surface area contributed by atoms with Gasteiger partial charge in [-0.05, 0) is 12.1 Å². The van der Waals surface area contributed by atoms with Crippen molar-refractivity contribution in [3.63, 3.8) is 0 Å². The minimum absolute atomic E-state index is 0.457. The molecule has 1 fully saturated rings. The number of benzene rings is 1. The molecule has 1 aliphatic rings. The highest BCUT2D eigenvalue weighted by Gasteiger charge is 2.41. The Hall–Kier alpha value is -3.11. The molecule has 2 rings (SSSR count). The van der Waals surface area contributed by atoms with Crippen molar-refractivity contribution in [2.24, 2.45) is 0 Å². The van der Waals surface area contributed by atoms with E-state index in [1.54, 1.807) is 0 Å². The van der Waals surface area contributed by atoms with Gasteiger partial charge in [0.15, 0.2) is 5.57 Å². The zero-order valence-corrected chi connectivity index (χ0v) is 13.4. The average Bonchev–Trinajstić information content (AvgIpc) is 2.43. The third-order valence-corrected chi connectivity index (χ3v) is 3.34. The average molecular weight is 375 g/mol. The van der Waals surface area contributed by atoms with E-state index >= 15 is 0 Å². The van der Waals surface area contributed by atoms with Crippen LogP contribution in [0.2, 0.25) is 0 Å². The van der Waals surface area contributed by atoms with Crippen molar-refractivity contribution >= 4 is 17.6 Å². The van der Waals surface area contributed by atoms with Crippen LogP contribution < -0.4 is 0 Å². The van der Waals surface area contributed by atoms with Crippen LogP contribution in [0.5, 0.6) is 0 Å². The molecule has 0 amide bonds. The van der Waals surface area contributed by atoms with Gasteiger partial charge in [-0.1, -0.05) is 0 Å². The number of allylic oxidation sites excluding steroid dienone is 1. The molecular weight excluding hydrogens is 363 g/mol. The third kappa shape index (κ3) is 3.92. The number of nitrogens with zero attached hydrogens (tertiary/aromatic N) is 1. The Morgan fingerprint density at radius 3 is 2.23 bits per heavy atom. The Kier molecular flexibility index (Phi) is 4.67. The summed E-state index contributed by atoms with van der Waals surface area (Å²) >= 11 is 0. The van der Waals surface area contributed by atoms with Crippen molar-refractivity contribution in [2.75, 3.05) is 0 Å². The van der Waals surface area contributed by atoms with E-state index in [2.05, 4.69) is 0 Å². The van der Waals surface area contributed by atoms with Gasteiger partial charge in [-0.2, -0.15) is 13.2 Å². The maximum absolute atomic E-state index is 12.8.